The van der Waals surface area contributed by atoms with Crippen LogP contribution in [0.4, 0.5) is 0 Å². The number of para-hydroxylation sites is 3. The van der Waals surface area contributed by atoms with E-state index >= 15 is 0 Å². The molecule has 48 heavy (non-hydrogen) atoms. The standard InChI is InChI=1S/C44H27N3O/c1-2-12-28(13-3-1)41-33-16-4-7-20-38(33)46-43(47-41)31-15-10-14-29(26-31)30-23-24-32-37(27-30)44(36-19-11-25-45-42(32)36)34-17-5-8-21-39(34)48-40-22-9-6-18-35(40)44/h1-27H. The van der Waals surface area contributed by atoms with Gasteiger partial charge in [-0.05, 0) is 58.7 Å². The maximum absolute atomic E-state index is 6.51. The predicted octanol–water partition coefficient (Wildman–Crippen LogP) is 10.5. The average molecular weight is 614 g/mol. The summed E-state index contributed by atoms with van der Waals surface area (Å²) in [5.41, 5.74) is 12.3. The third-order valence-corrected chi connectivity index (χ3v) is 9.80. The Labute approximate surface area is 278 Å². The van der Waals surface area contributed by atoms with Gasteiger partial charge in [0.15, 0.2) is 5.82 Å². The molecule has 10 rings (SSSR count). The van der Waals surface area contributed by atoms with Gasteiger partial charge in [0.05, 0.1) is 22.3 Å². The number of rotatable bonds is 3. The average Bonchev–Trinajstić information content (AvgIpc) is 3.45. The summed E-state index contributed by atoms with van der Waals surface area (Å²) in [6.07, 6.45) is 1.89. The minimum Gasteiger partial charge on any atom is -0.457 e. The molecule has 0 saturated heterocycles. The third-order valence-electron chi connectivity index (χ3n) is 9.80. The number of hydrogen-bond donors (Lipinski definition) is 0. The molecular weight excluding hydrogens is 587 g/mol. The smallest absolute Gasteiger partial charge is 0.160 e. The highest BCUT2D eigenvalue weighted by atomic mass is 16.5. The van der Waals surface area contributed by atoms with E-state index in [9.17, 15) is 0 Å². The van der Waals surface area contributed by atoms with E-state index in [1.165, 1.54) is 11.1 Å². The molecule has 4 heteroatoms. The van der Waals surface area contributed by atoms with Crippen LogP contribution in [0.25, 0.3) is 55.9 Å². The van der Waals surface area contributed by atoms with Gasteiger partial charge in [-0.1, -0.05) is 121 Å². The summed E-state index contributed by atoms with van der Waals surface area (Å²) in [4.78, 5) is 15.1. The van der Waals surface area contributed by atoms with Crippen LogP contribution >= 0.6 is 0 Å². The number of nitrogens with zero attached hydrogens (tertiary/aromatic N) is 3. The SMILES string of the molecule is c1ccc(-c2nc(-c3cccc(-c4ccc5c(c4)C4(c6ccccc6Oc6ccccc64)c4cccnc4-5)c3)nc3ccccc23)cc1. The molecule has 4 nitrogen and oxygen atoms in total. The molecule has 0 bridgehead atoms. The lowest BCUT2D eigenvalue weighted by Crippen LogP contribution is -2.32. The van der Waals surface area contributed by atoms with Crippen molar-refractivity contribution in [2.24, 2.45) is 0 Å². The molecule has 0 atom stereocenters. The molecule has 6 aromatic carbocycles. The monoisotopic (exact) mass is 613 g/mol. The summed E-state index contributed by atoms with van der Waals surface area (Å²) in [5, 5.41) is 1.04. The zero-order valence-electron chi connectivity index (χ0n) is 25.8. The van der Waals surface area contributed by atoms with Gasteiger partial charge in [0.25, 0.3) is 0 Å². The number of pyridine rings is 1. The fourth-order valence-corrected chi connectivity index (χ4v) is 7.74. The molecule has 224 valence electrons. The minimum atomic E-state index is -0.565. The maximum atomic E-state index is 6.51. The van der Waals surface area contributed by atoms with Gasteiger partial charge in [0.1, 0.15) is 11.5 Å². The molecule has 8 aromatic rings. The van der Waals surface area contributed by atoms with E-state index in [4.69, 9.17) is 19.7 Å². The first kappa shape index (κ1) is 26.8. The van der Waals surface area contributed by atoms with Crippen molar-refractivity contribution in [2.75, 3.05) is 0 Å². The van der Waals surface area contributed by atoms with Crippen LogP contribution in [0.5, 0.6) is 11.5 Å². The first-order chi connectivity index (χ1) is 23.8. The van der Waals surface area contributed by atoms with Gasteiger partial charge in [-0.25, -0.2) is 9.97 Å². The summed E-state index contributed by atoms with van der Waals surface area (Å²) in [7, 11) is 0. The van der Waals surface area contributed by atoms with Crippen LogP contribution in [-0.4, -0.2) is 15.0 Å². The molecule has 0 fully saturated rings. The quantitative estimate of drug-likeness (QED) is 0.199. The van der Waals surface area contributed by atoms with Gasteiger partial charge >= 0.3 is 0 Å². The summed E-state index contributed by atoms with van der Waals surface area (Å²) >= 11 is 0. The third kappa shape index (κ3) is 3.80. The molecule has 0 saturated carbocycles. The van der Waals surface area contributed by atoms with E-state index in [1.54, 1.807) is 0 Å². The molecule has 0 N–H and O–H groups in total. The normalized spacial score (nSPS) is 13.3. The molecule has 1 aliphatic carbocycles. The van der Waals surface area contributed by atoms with Gasteiger partial charge in [-0.15, -0.1) is 0 Å². The van der Waals surface area contributed by atoms with Crippen molar-refractivity contribution in [3.05, 3.63) is 186 Å². The van der Waals surface area contributed by atoms with Crippen LogP contribution in [0, 0.1) is 0 Å². The Morgan fingerprint density at radius 3 is 1.94 bits per heavy atom. The maximum Gasteiger partial charge on any atom is 0.160 e. The van der Waals surface area contributed by atoms with E-state index in [2.05, 4.69) is 121 Å². The Kier molecular flexibility index (Phi) is 5.75. The van der Waals surface area contributed by atoms with Crippen LogP contribution in [-0.2, 0) is 5.41 Å². The van der Waals surface area contributed by atoms with Crippen molar-refractivity contribution in [3.63, 3.8) is 0 Å². The fourth-order valence-electron chi connectivity index (χ4n) is 7.74. The molecular formula is C44H27N3O. The van der Waals surface area contributed by atoms with Gasteiger partial charge in [0.2, 0.25) is 0 Å². The molecule has 1 spiro atoms. The number of ether oxygens (including phenoxy) is 1. The van der Waals surface area contributed by atoms with Gasteiger partial charge in [-0.2, -0.15) is 0 Å². The second-order valence-electron chi connectivity index (χ2n) is 12.4. The lowest BCUT2D eigenvalue weighted by Gasteiger charge is -2.39. The fraction of sp³-hybridized carbons (Fsp3) is 0.0227. The largest absolute Gasteiger partial charge is 0.457 e. The molecule has 2 aliphatic rings. The number of fused-ring (bicyclic) bond motifs is 10. The van der Waals surface area contributed by atoms with Gasteiger partial charge in [0, 0.05) is 39.4 Å². The second kappa shape index (κ2) is 10.3. The summed E-state index contributed by atoms with van der Waals surface area (Å²) in [6.45, 7) is 0. The van der Waals surface area contributed by atoms with Crippen LogP contribution < -0.4 is 4.74 Å². The highest BCUT2D eigenvalue weighted by Gasteiger charge is 2.51. The van der Waals surface area contributed by atoms with Crippen LogP contribution in [0.3, 0.4) is 0 Å². The highest BCUT2D eigenvalue weighted by molar-refractivity contribution is 5.94. The van der Waals surface area contributed by atoms with Gasteiger partial charge in [-0.3, -0.25) is 4.98 Å². The number of hydrogen-bond acceptors (Lipinski definition) is 4. The Balaban J connectivity index is 1.17. The molecule has 0 amide bonds. The van der Waals surface area contributed by atoms with Gasteiger partial charge < -0.3 is 4.74 Å². The number of benzene rings is 6. The Morgan fingerprint density at radius 1 is 0.438 bits per heavy atom. The minimum absolute atomic E-state index is 0.565. The second-order valence-corrected chi connectivity index (χ2v) is 12.4. The van der Waals surface area contributed by atoms with Crippen molar-refractivity contribution >= 4 is 10.9 Å². The first-order valence-electron chi connectivity index (χ1n) is 16.2. The van der Waals surface area contributed by atoms with E-state index in [0.717, 1.165) is 72.7 Å². The van der Waals surface area contributed by atoms with E-state index in [0.29, 0.717) is 5.82 Å². The Morgan fingerprint density at radius 2 is 1.10 bits per heavy atom. The van der Waals surface area contributed by atoms with Crippen LogP contribution in [0.1, 0.15) is 22.3 Å². The van der Waals surface area contributed by atoms with Crippen molar-refractivity contribution in [1.82, 2.24) is 15.0 Å². The molecule has 2 aromatic heterocycles. The zero-order chi connectivity index (χ0) is 31.7. The van der Waals surface area contributed by atoms with E-state index in [-0.39, 0.29) is 0 Å². The topological polar surface area (TPSA) is 47.9 Å². The van der Waals surface area contributed by atoms with Crippen molar-refractivity contribution in [1.29, 1.82) is 0 Å². The van der Waals surface area contributed by atoms with Crippen molar-refractivity contribution < 1.29 is 4.74 Å². The lowest BCUT2D eigenvalue weighted by molar-refractivity contribution is 0.436. The first-order valence-corrected chi connectivity index (χ1v) is 16.2. The van der Waals surface area contributed by atoms with Crippen molar-refractivity contribution in [3.8, 4) is 56.5 Å². The van der Waals surface area contributed by atoms with E-state index < -0.39 is 5.41 Å². The Bertz CT molecular complexity index is 2510. The zero-order valence-corrected chi connectivity index (χ0v) is 25.8. The summed E-state index contributed by atoms with van der Waals surface area (Å²) < 4.78 is 6.51. The molecule has 0 unspecified atom stereocenters. The van der Waals surface area contributed by atoms with E-state index in [1.807, 2.05) is 42.6 Å². The van der Waals surface area contributed by atoms with Crippen LogP contribution in [0.15, 0.2) is 164 Å². The molecule has 0 radical (unpaired) electrons. The number of aromatic nitrogens is 3. The summed E-state index contributed by atoms with van der Waals surface area (Å²) in [6, 6.07) is 55.1. The summed E-state index contributed by atoms with van der Waals surface area (Å²) in [5.74, 6) is 2.44. The van der Waals surface area contributed by atoms with Crippen LogP contribution in [0.2, 0.25) is 0 Å². The highest BCUT2D eigenvalue weighted by Crippen LogP contribution is 2.61. The Hall–Kier alpha value is -6.39. The molecule has 3 heterocycles. The van der Waals surface area contributed by atoms with Crippen molar-refractivity contribution in [2.45, 2.75) is 5.41 Å². The predicted molar refractivity (Wildman–Crippen MR) is 191 cm³/mol. The lowest BCUT2D eigenvalue weighted by atomic mass is 9.66. The molecule has 1 aliphatic heterocycles.